The second-order valence-corrected chi connectivity index (χ2v) is 8.95. The van der Waals surface area contributed by atoms with E-state index in [-0.39, 0.29) is 0 Å². The number of hydrogen-bond donors (Lipinski definition) is 2. The molecule has 0 spiro atoms. The summed E-state index contributed by atoms with van der Waals surface area (Å²) in [5.74, 6) is 3.37. The SMILES string of the molecule is COc1ccc(CCNC[C@H]2CC[C@@H](Nc3nc(N(C)C)c4ccccc4n3)CC2)cc1. The average molecular weight is 434 g/mol. The molecule has 1 aliphatic rings. The van der Waals surface area contributed by atoms with Crippen LogP contribution in [0.5, 0.6) is 5.75 Å². The van der Waals surface area contributed by atoms with Crippen molar-refractivity contribution < 1.29 is 4.74 Å². The summed E-state index contributed by atoms with van der Waals surface area (Å²) in [5, 5.41) is 8.35. The Bertz CT molecular complexity index is 997. The van der Waals surface area contributed by atoms with Crippen LogP contribution in [0.15, 0.2) is 48.5 Å². The number of anilines is 2. The van der Waals surface area contributed by atoms with Crippen LogP contribution in [0.25, 0.3) is 10.9 Å². The minimum absolute atomic E-state index is 0.446. The maximum atomic E-state index is 5.22. The molecule has 6 heteroatoms. The molecular formula is C26H35N5O. The number of hydrogen-bond acceptors (Lipinski definition) is 6. The molecule has 0 radical (unpaired) electrons. The first-order valence-electron chi connectivity index (χ1n) is 11.7. The van der Waals surface area contributed by atoms with Gasteiger partial charge in [-0.25, -0.2) is 4.98 Å². The highest BCUT2D eigenvalue weighted by atomic mass is 16.5. The van der Waals surface area contributed by atoms with Gasteiger partial charge in [0.05, 0.1) is 12.6 Å². The first-order valence-corrected chi connectivity index (χ1v) is 11.7. The van der Waals surface area contributed by atoms with E-state index in [0.29, 0.717) is 6.04 Å². The molecule has 2 aromatic carbocycles. The zero-order valence-electron chi connectivity index (χ0n) is 19.5. The summed E-state index contributed by atoms with van der Waals surface area (Å²) < 4.78 is 5.22. The molecule has 3 aromatic rings. The number of benzene rings is 2. The average Bonchev–Trinajstić information content (AvgIpc) is 2.82. The predicted molar refractivity (Wildman–Crippen MR) is 133 cm³/mol. The van der Waals surface area contributed by atoms with Gasteiger partial charge in [-0.05, 0) is 80.9 Å². The van der Waals surface area contributed by atoms with Gasteiger partial charge in [0.25, 0.3) is 0 Å². The van der Waals surface area contributed by atoms with Crippen molar-refractivity contribution in [3.8, 4) is 5.75 Å². The monoisotopic (exact) mass is 433 g/mol. The lowest BCUT2D eigenvalue weighted by molar-refractivity contribution is 0.325. The Morgan fingerprint density at radius 3 is 2.44 bits per heavy atom. The molecular weight excluding hydrogens is 398 g/mol. The van der Waals surface area contributed by atoms with Gasteiger partial charge in [0, 0.05) is 25.5 Å². The number of rotatable bonds is 9. The third kappa shape index (κ3) is 5.68. The van der Waals surface area contributed by atoms with E-state index >= 15 is 0 Å². The molecule has 32 heavy (non-hydrogen) atoms. The van der Waals surface area contributed by atoms with E-state index in [4.69, 9.17) is 14.7 Å². The molecule has 0 aliphatic heterocycles. The molecule has 0 unspecified atom stereocenters. The van der Waals surface area contributed by atoms with Crippen LogP contribution in [-0.2, 0) is 6.42 Å². The zero-order chi connectivity index (χ0) is 22.3. The summed E-state index contributed by atoms with van der Waals surface area (Å²) in [6, 6.07) is 17.0. The van der Waals surface area contributed by atoms with Gasteiger partial charge >= 0.3 is 0 Å². The van der Waals surface area contributed by atoms with Crippen LogP contribution in [-0.4, -0.2) is 50.3 Å². The van der Waals surface area contributed by atoms with Gasteiger partial charge < -0.3 is 20.3 Å². The van der Waals surface area contributed by atoms with Crippen molar-refractivity contribution in [2.24, 2.45) is 5.92 Å². The largest absolute Gasteiger partial charge is 0.497 e. The molecule has 2 N–H and O–H groups in total. The van der Waals surface area contributed by atoms with E-state index in [1.807, 2.05) is 38.4 Å². The Morgan fingerprint density at radius 2 is 1.72 bits per heavy atom. The third-order valence-corrected chi connectivity index (χ3v) is 6.37. The van der Waals surface area contributed by atoms with Crippen LogP contribution in [0.4, 0.5) is 11.8 Å². The number of ether oxygens (including phenoxy) is 1. The number of aromatic nitrogens is 2. The zero-order valence-corrected chi connectivity index (χ0v) is 19.5. The Labute approximate surface area is 191 Å². The van der Waals surface area contributed by atoms with Crippen LogP contribution in [0, 0.1) is 5.92 Å². The third-order valence-electron chi connectivity index (χ3n) is 6.37. The smallest absolute Gasteiger partial charge is 0.225 e. The van der Waals surface area contributed by atoms with Crippen LogP contribution in [0.3, 0.4) is 0 Å². The van der Waals surface area contributed by atoms with Gasteiger partial charge in [-0.3, -0.25) is 0 Å². The minimum atomic E-state index is 0.446. The van der Waals surface area contributed by atoms with Gasteiger partial charge in [0.1, 0.15) is 11.6 Å². The second kappa shape index (κ2) is 10.6. The topological polar surface area (TPSA) is 62.3 Å². The number of nitrogens with zero attached hydrogens (tertiary/aromatic N) is 3. The maximum Gasteiger partial charge on any atom is 0.225 e. The molecule has 1 fully saturated rings. The van der Waals surface area contributed by atoms with Crippen molar-refractivity contribution in [3.63, 3.8) is 0 Å². The molecule has 1 aromatic heterocycles. The molecule has 170 valence electrons. The van der Waals surface area contributed by atoms with Crippen molar-refractivity contribution in [1.82, 2.24) is 15.3 Å². The fourth-order valence-corrected chi connectivity index (χ4v) is 4.49. The summed E-state index contributed by atoms with van der Waals surface area (Å²) in [4.78, 5) is 11.6. The van der Waals surface area contributed by atoms with E-state index in [1.54, 1.807) is 7.11 Å². The Morgan fingerprint density at radius 1 is 0.969 bits per heavy atom. The van der Waals surface area contributed by atoms with Crippen molar-refractivity contribution in [3.05, 3.63) is 54.1 Å². The number of fused-ring (bicyclic) bond motifs is 1. The highest BCUT2D eigenvalue weighted by Gasteiger charge is 2.22. The quantitative estimate of drug-likeness (QED) is 0.484. The van der Waals surface area contributed by atoms with Crippen LogP contribution in [0.1, 0.15) is 31.2 Å². The minimum Gasteiger partial charge on any atom is -0.497 e. The summed E-state index contributed by atoms with van der Waals surface area (Å²) in [7, 11) is 5.77. The molecule has 4 rings (SSSR count). The van der Waals surface area contributed by atoms with Crippen molar-refractivity contribution in [2.75, 3.05) is 44.5 Å². The summed E-state index contributed by atoms with van der Waals surface area (Å²) in [6.07, 6.45) is 5.85. The predicted octanol–water partition coefficient (Wildman–Crippen LogP) is 4.51. The number of nitrogens with one attached hydrogen (secondary N) is 2. The molecule has 0 amide bonds. The molecule has 0 bridgehead atoms. The highest BCUT2D eigenvalue weighted by molar-refractivity contribution is 5.90. The maximum absolute atomic E-state index is 5.22. The molecule has 1 heterocycles. The number of methoxy groups -OCH3 is 1. The molecule has 0 atom stereocenters. The standard InChI is InChI=1S/C26H35N5O/c1-31(2)25-23-6-4-5-7-24(23)29-26(30-25)28-21-12-8-20(9-13-21)18-27-17-16-19-10-14-22(32-3)15-11-19/h4-7,10-11,14-15,20-21,27H,8-9,12-13,16-18H2,1-3H3,(H,28,29,30)/t20-,21+. The van der Waals surface area contributed by atoms with Crippen molar-refractivity contribution in [2.45, 2.75) is 38.1 Å². The molecule has 1 saturated carbocycles. The highest BCUT2D eigenvalue weighted by Crippen LogP contribution is 2.28. The van der Waals surface area contributed by atoms with Gasteiger partial charge in [-0.15, -0.1) is 0 Å². The molecule has 0 saturated heterocycles. The summed E-state index contributed by atoms with van der Waals surface area (Å²) in [6.45, 7) is 2.11. The van der Waals surface area contributed by atoms with Gasteiger partial charge in [-0.2, -0.15) is 4.98 Å². The lowest BCUT2D eigenvalue weighted by Gasteiger charge is -2.29. The van der Waals surface area contributed by atoms with E-state index in [0.717, 1.165) is 66.7 Å². The fourth-order valence-electron chi connectivity index (χ4n) is 4.49. The first kappa shape index (κ1) is 22.3. The number of para-hydroxylation sites is 1. The summed E-state index contributed by atoms with van der Waals surface area (Å²) >= 11 is 0. The second-order valence-electron chi connectivity index (χ2n) is 8.95. The van der Waals surface area contributed by atoms with E-state index in [2.05, 4.69) is 39.8 Å². The van der Waals surface area contributed by atoms with Gasteiger partial charge in [0.2, 0.25) is 5.95 Å². The van der Waals surface area contributed by atoms with Gasteiger partial charge in [-0.1, -0.05) is 24.3 Å². The van der Waals surface area contributed by atoms with Crippen LogP contribution in [0.2, 0.25) is 0 Å². The first-order chi connectivity index (χ1) is 15.6. The van der Waals surface area contributed by atoms with E-state index < -0.39 is 0 Å². The summed E-state index contributed by atoms with van der Waals surface area (Å²) in [5.41, 5.74) is 2.34. The molecule has 1 aliphatic carbocycles. The lowest BCUT2D eigenvalue weighted by Crippen LogP contribution is -2.32. The Hall–Kier alpha value is -2.86. The fraction of sp³-hybridized carbons (Fsp3) is 0.462. The Balaban J connectivity index is 1.22. The van der Waals surface area contributed by atoms with Crippen LogP contribution >= 0.6 is 0 Å². The van der Waals surface area contributed by atoms with E-state index in [9.17, 15) is 0 Å². The van der Waals surface area contributed by atoms with Gasteiger partial charge in [0.15, 0.2) is 0 Å². The lowest BCUT2D eigenvalue weighted by atomic mass is 9.86. The van der Waals surface area contributed by atoms with E-state index in [1.165, 1.54) is 18.4 Å². The normalized spacial score (nSPS) is 18.5. The van der Waals surface area contributed by atoms with Crippen LogP contribution < -0.4 is 20.3 Å². The van der Waals surface area contributed by atoms with Crippen molar-refractivity contribution in [1.29, 1.82) is 0 Å². The van der Waals surface area contributed by atoms with Crippen molar-refractivity contribution >= 4 is 22.7 Å². The Kier molecular flexibility index (Phi) is 7.43. The molecule has 6 nitrogen and oxygen atoms in total.